The third-order valence-electron chi connectivity index (χ3n) is 3.06. The lowest BCUT2D eigenvalue weighted by Gasteiger charge is -2.19. The van der Waals surface area contributed by atoms with Gasteiger partial charge in [-0.1, -0.05) is 12.8 Å². The Morgan fingerprint density at radius 2 is 2.25 bits per heavy atom. The van der Waals surface area contributed by atoms with Crippen LogP contribution in [0.5, 0.6) is 0 Å². The minimum atomic E-state index is -0.142. The molecule has 6 nitrogen and oxygen atoms in total. The number of nitrogens with zero attached hydrogens (tertiary/aromatic N) is 3. The summed E-state index contributed by atoms with van der Waals surface area (Å²) < 4.78 is 0. The zero-order valence-electron chi connectivity index (χ0n) is 9.44. The van der Waals surface area contributed by atoms with Crippen LogP contribution in [0.4, 0.5) is 5.95 Å². The van der Waals surface area contributed by atoms with Crippen LogP contribution in [0.25, 0.3) is 0 Å². The molecule has 1 amide bonds. The molecule has 1 aliphatic rings. The van der Waals surface area contributed by atoms with E-state index in [0.29, 0.717) is 5.92 Å². The number of nitrogen functional groups attached to an aromatic ring is 1. The number of H-pyrrole nitrogens is 1. The average molecular weight is 223 g/mol. The van der Waals surface area contributed by atoms with Gasteiger partial charge in [-0.25, -0.2) is 0 Å². The number of nitrogens with one attached hydrogen (secondary N) is 1. The number of aromatic amines is 1. The quantitative estimate of drug-likeness (QED) is 0.787. The number of nitrogens with two attached hydrogens (primary N) is 1. The second-order valence-electron chi connectivity index (χ2n) is 4.38. The second-order valence-corrected chi connectivity index (χ2v) is 4.38. The van der Waals surface area contributed by atoms with Gasteiger partial charge < -0.3 is 10.6 Å². The zero-order valence-corrected chi connectivity index (χ0v) is 9.44. The summed E-state index contributed by atoms with van der Waals surface area (Å²) >= 11 is 0. The number of hydrogen-bond acceptors (Lipinski definition) is 4. The van der Waals surface area contributed by atoms with Crippen LogP contribution >= 0.6 is 0 Å². The maximum absolute atomic E-state index is 11.9. The van der Waals surface area contributed by atoms with Gasteiger partial charge in [-0.2, -0.15) is 4.98 Å². The van der Waals surface area contributed by atoms with Gasteiger partial charge >= 0.3 is 0 Å². The summed E-state index contributed by atoms with van der Waals surface area (Å²) in [5.41, 5.74) is 5.36. The number of amides is 1. The van der Waals surface area contributed by atoms with Crippen molar-refractivity contribution in [2.45, 2.75) is 25.7 Å². The minimum Gasteiger partial charge on any atom is -0.366 e. The summed E-state index contributed by atoms with van der Waals surface area (Å²) in [5, 5.41) is 6.18. The van der Waals surface area contributed by atoms with E-state index >= 15 is 0 Å². The number of carbonyl (C=O) groups excluding carboxylic acids is 1. The Morgan fingerprint density at radius 1 is 1.56 bits per heavy atom. The Hall–Kier alpha value is -1.59. The molecule has 1 aromatic heterocycles. The lowest BCUT2D eigenvalue weighted by Crippen LogP contribution is -2.31. The smallest absolute Gasteiger partial charge is 0.290 e. The molecule has 1 fully saturated rings. The molecular weight excluding hydrogens is 206 g/mol. The van der Waals surface area contributed by atoms with Crippen LogP contribution in [-0.2, 0) is 0 Å². The Labute approximate surface area is 94.2 Å². The minimum absolute atomic E-state index is 0.109. The van der Waals surface area contributed by atoms with Crippen LogP contribution in [0.1, 0.15) is 36.3 Å². The first-order valence-electron chi connectivity index (χ1n) is 5.60. The number of aromatic nitrogens is 3. The van der Waals surface area contributed by atoms with Gasteiger partial charge in [0.15, 0.2) is 0 Å². The molecule has 1 saturated carbocycles. The van der Waals surface area contributed by atoms with E-state index in [2.05, 4.69) is 15.2 Å². The van der Waals surface area contributed by atoms with E-state index in [1.165, 1.54) is 25.7 Å². The van der Waals surface area contributed by atoms with E-state index < -0.39 is 0 Å². The highest BCUT2D eigenvalue weighted by Crippen LogP contribution is 2.25. The van der Waals surface area contributed by atoms with Crippen molar-refractivity contribution in [2.24, 2.45) is 5.92 Å². The van der Waals surface area contributed by atoms with Gasteiger partial charge in [-0.3, -0.25) is 9.89 Å². The molecule has 2 rings (SSSR count). The molecule has 1 aromatic rings. The van der Waals surface area contributed by atoms with Gasteiger partial charge in [0.05, 0.1) is 0 Å². The van der Waals surface area contributed by atoms with Gasteiger partial charge in [0.25, 0.3) is 5.91 Å². The van der Waals surface area contributed by atoms with Crippen LogP contribution in [0.3, 0.4) is 0 Å². The monoisotopic (exact) mass is 223 g/mol. The molecule has 88 valence electrons. The predicted octanol–water partition coefficient (Wildman–Crippen LogP) is 0.649. The van der Waals surface area contributed by atoms with Gasteiger partial charge in [-0.05, 0) is 18.8 Å². The Kier molecular flexibility index (Phi) is 3.07. The average Bonchev–Trinajstić information content (AvgIpc) is 2.88. The van der Waals surface area contributed by atoms with Crippen molar-refractivity contribution in [3.8, 4) is 0 Å². The third kappa shape index (κ3) is 2.32. The highest BCUT2D eigenvalue weighted by molar-refractivity contribution is 5.90. The van der Waals surface area contributed by atoms with Crippen molar-refractivity contribution < 1.29 is 4.79 Å². The molecule has 0 atom stereocenters. The summed E-state index contributed by atoms with van der Waals surface area (Å²) in [6.45, 7) is 0.791. The van der Waals surface area contributed by atoms with Crippen LogP contribution in [-0.4, -0.2) is 39.6 Å². The Balaban J connectivity index is 1.93. The number of rotatable bonds is 3. The second kappa shape index (κ2) is 4.51. The fourth-order valence-electron chi connectivity index (χ4n) is 2.21. The SMILES string of the molecule is CN(CC1CCCC1)C(=O)c1nc(N)n[nH]1. The van der Waals surface area contributed by atoms with Crippen molar-refractivity contribution in [2.75, 3.05) is 19.3 Å². The maximum atomic E-state index is 11.9. The van der Waals surface area contributed by atoms with Crippen LogP contribution in [0.15, 0.2) is 0 Å². The van der Waals surface area contributed by atoms with Gasteiger partial charge in [0.2, 0.25) is 11.8 Å². The summed E-state index contributed by atoms with van der Waals surface area (Å²) in [7, 11) is 1.79. The van der Waals surface area contributed by atoms with Crippen molar-refractivity contribution >= 4 is 11.9 Å². The highest BCUT2D eigenvalue weighted by Gasteiger charge is 2.21. The van der Waals surface area contributed by atoms with Crippen molar-refractivity contribution in [1.29, 1.82) is 0 Å². The molecule has 1 heterocycles. The predicted molar refractivity (Wildman–Crippen MR) is 59.7 cm³/mol. The van der Waals surface area contributed by atoms with Crippen molar-refractivity contribution in [1.82, 2.24) is 20.1 Å². The fourth-order valence-corrected chi connectivity index (χ4v) is 2.21. The van der Waals surface area contributed by atoms with Gasteiger partial charge in [-0.15, -0.1) is 5.10 Å². The van der Waals surface area contributed by atoms with E-state index in [0.717, 1.165) is 6.54 Å². The molecule has 0 bridgehead atoms. The molecule has 0 aliphatic heterocycles. The van der Waals surface area contributed by atoms with Crippen molar-refractivity contribution in [3.05, 3.63) is 5.82 Å². The first-order valence-corrected chi connectivity index (χ1v) is 5.60. The first kappa shape index (κ1) is 10.9. The highest BCUT2D eigenvalue weighted by atomic mass is 16.2. The molecule has 0 saturated heterocycles. The molecule has 6 heteroatoms. The molecular formula is C10H17N5O. The van der Waals surface area contributed by atoms with E-state index in [1.54, 1.807) is 11.9 Å². The van der Waals surface area contributed by atoms with E-state index in [9.17, 15) is 4.79 Å². The lowest BCUT2D eigenvalue weighted by molar-refractivity contribution is 0.0761. The molecule has 16 heavy (non-hydrogen) atoms. The summed E-state index contributed by atoms with van der Waals surface area (Å²) in [6.07, 6.45) is 5.00. The molecule has 0 unspecified atom stereocenters. The van der Waals surface area contributed by atoms with Crippen LogP contribution in [0, 0.1) is 5.92 Å². The van der Waals surface area contributed by atoms with E-state index in [1.807, 2.05) is 0 Å². The number of carbonyl (C=O) groups is 1. The van der Waals surface area contributed by atoms with Crippen LogP contribution in [0.2, 0.25) is 0 Å². The topological polar surface area (TPSA) is 87.9 Å². The normalized spacial score (nSPS) is 16.6. The van der Waals surface area contributed by atoms with Gasteiger partial charge in [0, 0.05) is 13.6 Å². The lowest BCUT2D eigenvalue weighted by atomic mass is 10.1. The van der Waals surface area contributed by atoms with E-state index in [4.69, 9.17) is 5.73 Å². The largest absolute Gasteiger partial charge is 0.366 e. The number of hydrogen-bond donors (Lipinski definition) is 2. The fraction of sp³-hybridized carbons (Fsp3) is 0.700. The Bertz CT molecular complexity index is 369. The first-order chi connectivity index (χ1) is 7.66. The summed E-state index contributed by atoms with van der Waals surface area (Å²) in [5.74, 6) is 0.820. The third-order valence-corrected chi connectivity index (χ3v) is 3.06. The van der Waals surface area contributed by atoms with E-state index in [-0.39, 0.29) is 17.7 Å². The molecule has 0 spiro atoms. The molecule has 3 N–H and O–H groups in total. The maximum Gasteiger partial charge on any atom is 0.290 e. The summed E-state index contributed by atoms with van der Waals surface area (Å²) in [6, 6.07) is 0. The zero-order chi connectivity index (χ0) is 11.5. The van der Waals surface area contributed by atoms with Gasteiger partial charge in [0.1, 0.15) is 0 Å². The molecule has 0 aromatic carbocycles. The Morgan fingerprint density at radius 3 is 2.81 bits per heavy atom. The molecule has 1 aliphatic carbocycles. The van der Waals surface area contributed by atoms with Crippen LogP contribution < -0.4 is 5.73 Å². The number of anilines is 1. The molecule has 0 radical (unpaired) electrons. The standard InChI is InChI=1S/C10H17N5O/c1-15(6-7-4-2-3-5-7)9(16)8-12-10(11)14-13-8/h7H,2-6H2,1H3,(H3,11,12,13,14). The summed E-state index contributed by atoms with van der Waals surface area (Å²) in [4.78, 5) is 17.4. The van der Waals surface area contributed by atoms with Crippen molar-refractivity contribution in [3.63, 3.8) is 0 Å².